The molecule has 8 heteroatoms. The first-order valence-electron chi connectivity index (χ1n) is 10.3. The van der Waals surface area contributed by atoms with E-state index in [0.717, 1.165) is 48.9 Å². The summed E-state index contributed by atoms with van der Waals surface area (Å²) in [5.41, 5.74) is 2.74. The van der Waals surface area contributed by atoms with E-state index in [0.29, 0.717) is 5.82 Å². The SMILES string of the molecule is Cn1nc(NC(=O)C2CC(C)(C)C2)c(C2CCC2)c1-c1ccc(OC(F)(F)F)cc1. The topological polar surface area (TPSA) is 56.2 Å². The number of amides is 1. The molecule has 1 aromatic carbocycles. The quantitative estimate of drug-likeness (QED) is 0.681. The Morgan fingerprint density at radius 2 is 1.83 bits per heavy atom. The highest BCUT2D eigenvalue weighted by atomic mass is 19.4. The lowest BCUT2D eigenvalue weighted by molar-refractivity contribution is -0.274. The number of alkyl halides is 3. The number of rotatable bonds is 5. The van der Waals surface area contributed by atoms with Crippen LogP contribution in [0.5, 0.6) is 5.75 Å². The van der Waals surface area contributed by atoms with Crippen LogP contribution in [0.4, 0.5) is 19.0 Å². The third kappa shape index (κ3) is 4.18. The zero-order valence-corrected chi connectivity index (χ0v) is 17.3. The number of anilines is 1. The second kappa shape index (κ2) is 7.32. The maximum absolute atomic E-state index is 12.7. The van der Waals surface area contributed by atoms with Gasteiger partial charge in [-0.1, -0.05) is 20.3 Å². The lowest BCUT2D eigenvalue weighted by Gasteiger charge is -2.41. The summed E-state index contributed by atoms with van der Waals surface area (Å²) >= 11 is 0. The Kier molecular flexibility index (Phi) is 5.06. The average molecular weight is 421 g/mol. The number of hydrogen-bond acceptors (Lipinski definition) is 3. The van der Waals surface area contributed by atoms with Crippen molar-refractivity contribution < 1.29 is 22.7 Å². The number of nitrogens with one attached hydrogen (secondary N) is 1. The molecule has 1 aromatic heterocycles. The molecular weight excluding hydrogens is 395 g/mol. The van der Waals surface area contributed by atoms with Crippen molar-refractivity contribution in [3.63, 3.8) is 0 Å². The standard InChI is InChI=1S/C22H26F3N3O2/c1-21(2)11-15(12-21)20(29)26-19-17(13-5-4-6-13)18(28(3)27-19)14-7-9-16(10-8-14)30-22(23,24)25/h7-10,13,15H,4-6,11-12H2,1-3H3,(H,26,27,29). The second-order valence-electron chi connectivity index (χ2n) is 9.19. The molecule has 1 N–H and O–H groups in total. The molecule has 0 bridgehead atoms. The van der Waals surface area contributed by atoms with Crippen LogP contribution in [-0.4, -0.2) is 22.1 Å². The summed E-state index contributed by atoms with van der Waals surface area (Å²) in [5, 5.41) is 7.59. The molecule has 1 amide bonds. The minimum absolute atomic E-state index is 0.00139. The number of hydrogen-bond donors (Lipinski definition) is 1. The number of carbonyl (C=O) groups is 1. The van der Waals surface area contributed by atoms with Crippen LogP contribution in [0.2, 0.25) is 0 Å². The van der Waals surface area contributed by atoms with E-state index in [2.05, 4.69) is 29.0 Å². The molecule has 0 aliphatic heterocycles. The summed E-state index contributed by atoms with van der Waals surface area (Å²) in [6.07, 6.45) is 0.122. The van der Waals surface area contributed by atoms with E-state index < -0.39 is 6.36 Å². The van der Waals surface area contributed by atoms with Crippen molar-refractivity contribution in [1.82, 2.24) is 9.78 Å². The van der Waals surface area contributed by atoms with Crippen LogP contribution in [0.1, 0.15) is 57.4 Å². The van der Waals surface area contributed by atoms with Gasteiger partial charge in [0.15, 0.2) is 5.82 Å². The van der Waals surface area contributed by atoms with Gasteiger partial charge >= 0.3 is 6.36 Å². The summed E-state index contributed by atoms with van der Waals surface area (Å²) in [5.74, 6) is 0.585. The molecule has 0 radical (unpaired) electrons. The van der Waals surface area contributed by atoms with Gasteiger partial charge in [-0.3, -0.25) is 9.48 Å². The summed E-state index contributed by atoms with van der Waals surface area (Å²) in [4.78, 5) is 12.7. The number of benzene rings is 1. The fourth-order valence-corrected chi connectivity index (χ4v) is 4.55. The minimum atomic E-state index is -4.72. The maximum Gasteiger partial charge on any atom is 0.573 e. The van der Waals surface area contributed by atoms with Crippen LogP contribution in [0, 0.1) is 11.3 Å². The van der Waals surface area contributed by atoms with Crippen LogP contribution >= 0.6 is 0 Å². The fourth-order valence-electron chi connectivity index (χ4n) is 4.55. The lowest BCUT2D eigenvalue weighted by atomic mass is 9.64. The number of carbonyl (C=O) groups excluding carboxylic acids is 1. The van der Waals surface area contributed by atoms with Crippen molar-refractivity contribution in [2.75, 3.05) is 5.32 Å². The van der Waals surface area contributed by atoms with Gasteiger partial charge in [0.05, 0.1) is 5.69 Å². The molecule has 0 saturated heterocycles. The Labute approximate surface area is 173 Å². The van der Waals surface area contributed by atoms with Gasteiger partial charge in [-0.15, -0.1) is 13.2 Å². The van der Waals surface area contributed by atoms with Crippen LogP contribution in [0.25, 0.3) is 11.3 Å². The molecule has 2 aliphatic rings. The van der Waals surface area contributed by atoms with Gasteiger partial charge in [-0.05, 0) is 61.3 Å². The van der Waals surface area contributed by atoms with Gasteiger partial charge in [0.25, 0.3) is 0 Å². The molecule has 30 heavy (non-hydrogen) atoms. The van der Waals surface area contributed by atoms with Crippen molar-refractivity contribution in [3.8, 4) is 17.0 Å². The van der Waals surface area contributed by atoms with Crippen molar-refractivity contribution in [2.24, 2.45) is 18.4 Å². The fraction of sp³-hybridized carbons (Fsp3) is 0.545. The Balaban J connectivity index is 1.61. The van der Waals surface area contributed by atoms with E-state index in [1.54, 1.807) is 23.9 Å². The van der Waals surface area contributed by atoms with E-state index >= 15 is 0 Å². The Bertz CT molecular complexity index is 936. The highest BCUT2D eigenvalue weighted by Gasteiger charge is 2.41. The van der Waals surface area contributed by atoms with E-state index in [-0.39, 0.29) is 28.9 Å². The third-order valence-corrected chi connectivity index (χ3v) is 6.17. The highest BCUT2D eigenvalue weighted by Crippen LogP contribution is 2.47. The highest BCUT2D eigenvalue weighted by molar-refractivity contribution is 5.94. The summed E-state index contributed by atoms with van der Waals surface area (Å²) in [7, 11) is 1.79. The van der Waals surface area contributed by atoms with Gasteiger partial charge in [-0.25, -0.2) is 0 Å². The van der Waals surface area contributed by atoms with Crippen LogP contribution in [0.15, 0.2) is 24.3 Å². The first-order chi connectivity index (χ1) is 14.0. The molecule has 5 nitrogen and oxygen atoms in total. The lowest BCUT2D eigenvalue weighted by Crippen LogP contribution is -2.39. The Morgan fingerprint density at radius 3 is 2.33 bits per heavy atom. The number of aryl methyl sites for hydroxylation is 1. The van der Waals surface area contributed by atoms with Crippen molar-refractivity contribution >= 4 is 11.7 Å². The van der Waals surface area contributed by atoms with E-state index in [9.17, 15) is 18.0 Å². The van der Waals surface area contributed by atoms with Crippen molar-refractivity contribution in [1.29, 1.82) is 0 Å². The van der Waals surface area contributed by atoms with Gasteiger partial charge in [0, 0.05) is 24.1 Å². The molecule has 0 atom stereocenters. The molecule has 2 fully saturated rings. The number of aromatic nitrogens is 2. The smallest absolute Gasteiger partial charge is 0.406 e. The maximum atomic E-state index is 12.7. The second-order valence-corrected chi connectivity index (χ2v) is 9.19. The van der Waals surface area contributed by atoms with Gasteiger partial charge in [-0.2, -0.15) is 5.10 Å². The molecule has 2 saturated carbocycles. The first kappa shape index (κ1) is 20.8. The van der Waals surface area contributed by atoms with Crippen LogP contribution in [0.3, 0.4) is 0 Å². The Hall–Kier alpha value is -2.51. The normalized spacial score (nSPS) is 19.1. The van der Waals surface area contributed by atoms with Crippen LogP contribution < -0.4 is 10.1 Å². The number of halogens is 3. The molecular formula is C22H26F3N3O2. The molecule has 0 spiro atoms. The van der Waals surface area contributed by atoms with Crippen molar-refractivity contribution in [2.45, 2.75) is 58.2 Å². The Morgan fingerprint density at radius 1 is 1.20 bits per heavy atom. The first-order valence-corrected chi connectivity index (χ1v) is 10.3. The predicted octanol–water partition coefficient (Wildman–Crippen LogP) is 5.63. The average Bonchev–Trinajstić information content (AvgIpc) is 2.86. The molecule has 4 rings (SSSR count). The molecule has 162 valence electrons. The van der Waals surface area contributed by atoms with Gasteiger partial charge < -0.3 is 10.1 Å². The van der Waals surface area contributed by atoms with Gasteiger partial charge in [0.2, 0.25) is 5.91 Å². The monoisotopic (exact) mass is 421 g/mol. The van der Waals surface area contributed by atoms with E-state index in [4.69, 9.17) is 0 Å². The summed E-state index contributed by atoms with van der Waals surface area (Å²) in [6, 6.07) is 5.80. The third-order valence-electron chi connectivity index (χ3n) is 6.17. The van der Waals surface area contributed by atoms with Crippen molar-refractivity contribution in [3.05, 3.63) is 29.8 Å². The van der Waals surface area contributed by atoms with Gasteiger partial charge in [0.1, 0.15) is 5.75 Å². The summed E-state index contributed by atoms with van der Waals surface area (Å²) < 4.78 is 43.0. The minimum Gasteiger partial charge on any atom is -0.406 e. The van der Waals surface area contributed by atoms with Crippen LogP contribution in [-0.2, 0) is 11.8 Å². The number of nitrogens with zero attached hydrogens (tertiary/aromatic N) is 2. The molecule has 0 unspecified atom stereocenters. The van der Waals surface area contributed by atoms with E-state index in [1.165, 1.54) is 12.1 Å². The van der Waals surface area contributed by atoms with E-state index in [1.807, 2.05) is 0 Å². The zero-order valence-electron chi connectivity index (χ0n) is 17.3. The predicted molar refractivity (Wildman–Crippen MR) is 107 cm³/mol. The largest absolute Gasteiger partial charge is 0.573 e. The number of ether oxygens (including phenoxy) is 1. The molecule has 1 heterocycles. The molecule has 2 aromatic rings. The molecule has 2 aliphatic carbocycles. The summed E-state index contributed by atoms with van der Waals surface area (Å²) in [6.45, 7) is 4.31. The zero-order chi connectivity index (χ0) is 21.7.